The number of esters is 1. The lowest BCUT2D eigenvalue weighted by atomic mass is 9.92. The summed E-state index contributed by atoms with van der Waals surface area (Å²) < 4.78 is 11.7. The van der Waals surface area contributed by atoms with Crippen LogP contribution in [0.3, 0.4) is 0 Å². The molecule has 1 aliphatic rings. The van der Waals surface area contributed by atoms with E-state index in [2.05, 4.69) is 24.9 Å². The van der Waals surface area contributed by atoms with Gasteiger partial charge in [-0.3, -0.25) is 4.79 Å². The highest BCUT2D eigenvalue weighted by Crippen LogP contribution is 2.43. The zero-order valence-electron chi connectivity index (χ0n) is 15.2. The standard InChI is InChI=1S/C20H24N2O3/c1-5-9-20(25-13(4)23)19-16(8-10-24-20)17-14(11-21)6-7-15(12(2)3)18(17)22-19/h6-7,12,22H,5,8-10H2,1-4H3. The summed E-state index contributed by atoms with van der Waals surface area (Å²) in [6.07, 6.45) is 2.08. The SMILES string of the molecule is CCCC1(OC(C)=O)OCCc2c1[nH]c1c(C(C)C)ccc(C#N)c21. The van der Waals surface area contributed by atoms with E-state index in [0.29, 0.717) is 30.9 Å². The number of fused-ring (bicyclic) bond motifs is 3. The summed E-state index contributed by atoms with van der Waals surface area (Å²) in [5, 5.41) is 10.5. The van der Waals surface area contributed by atoms with Crippen molar-refractivity contribution in [1.29, 1.82) is 5.26 Å². The quantitative estimate of drug-likeness (QED) is 0.844. The van der Waals surface area contributed by atoms with E-state index in [1.165, 1.54) is 6.92 Å². The molecule has 0 fully saturated rings. The van der Waals surface area contributed by atoms with Crippen LogP contribution in [-0.2, 0) is 26.5 Å². The molecule has 5 nitrogen and oxygen atoms in total. The lowest BCUT2D eigenvalue weighted by Gasteiger charge is -2.36. The Bertz CT molecular complexity index is 860. The Labute approximate surface area is 147 Å². The van der Waals surface area contributed by atoms with Crippen molar-refractivity contribution < 1.29 is 14.3 Å². The molecule has 0 bridgehead atoms. The highest BCUT2D eigenvalue weighted by Gasteiger charge is 2.43. The van der Waals surface area contributed by atoms with Crippen LogP contribution in [0.4, 0.5) is 0 Å². The summed E-state index contributed by atoms with van der Waals surface area (Å²) in [5.41, 5.74) is 4.58. The minimum absolute atomic E-state index is 0.311. The Hall–Kier alpha value is -2.32. The van der Waals surface area contributed by atoms with Crippen LogP contribution >= 0.6 is 0 Å². The second kappa shape index (κ2) is 6.53. The Morgan fingerprint density at radius 2 is 2.24 bits per heavy atom. The minimum Gasteiger partial charge on any atom is -0.427 e. The maximum atomic E-state index is 11.7. The molecule has 0 saturated carbocycles. The van der Waals surface area contributed by atoms with Gasteiger partial charge in [-0.1, -0.05) is 26.8 Å². The van der Waals surface area contributed by atoms with E-state index < -0.39 is 5.79 Å². The Kier molecular flexibility index (Phi) is 4.57. The highest BCUT2D eigenvalue weighted by atomic mass is 16.7. The zero-order chi connectivity index (χ0) is 18.2. The van der Waals surface area contributed by atoms with Crippen LogP contribution in [0.25, 0.3) is 10.9 Å². The second-order valence-corrected chi connectivity index (χ2v) is 6.89. The van der Waals surface area contributed by atoms with Crippen molar-refractivity contribution in [2.75, 3.05) is 6.61 Å². The van der Waals surface area contributed by atoms with E-state index in [4.69, 9.17) is 9.47 Å². The number of ether oxygens (including phenoxy) is 2. The number of hydrogen-bond acceptors (Lipinski definition) is 4. The van der Waals surface area contributed by atoms with Crippen LogP contribution < -0.4 is 0 Å². The maximum Gasteiger partial charge on any atom is 0.305 e. The molecule has 5 heteroatoms. The summed E-state index contributed by atoms with van der Waals surface area (Å²) in [5.74, 6) is -1.15. The molecule has 0 saturated heterocycles. The van der Waals surface area contributed by atoms with Crippen molar-refractivity contribution in [2.45, 2.75) is 58.7 Å². The van der Waals surface area contributed by atoms with Crippen LogP contribution in [0.1, 0.15) is 68.8 Å². The number of hydrogen-bond donors (Lipinski definition) is 1. The molecule has 1 atom stereocenters. The number of nitriles is 1. The second-order valence-electron chi connectivity index (χ2n) is 6.89. The largest absolute Gasteiger partial charge is 0.427 e. The van der Waals surface area contributed by atoms with Gasteiger partial charge < -0.3 is 14.5 Å². The number of carbonyl (C=O) groups excluding carboxylic acids is 1. The van der Waals surface area contributed by atoms with Gasteiger partial charge in [-0.05, 0) is 36.0 Å². The van der Waals surface area contributed by atoms with Crippen LogP contribution in [0, 0.1) is 11.3 Å². The number of rotatable bonds is 4. The minimum atomic E-state index is -1.09. The molecule has 1 aliphatic heterocycles. The zero-order valence-corrected chi connectivity index (χ0v) is 15.2. The van der Waals surface area contributed by atoms with Crippen molar-refractivity contribution in [2.24, 2.45) is 0 Å². The van der Waals surface area contributed by atoms with Crippen molar-refractivity contribution in [3.8, 4) is 6.07 Å². The normalized spacial score (nSPS) is 19.7. The Morgan fingerprint density at radius 3 is 2.84 bits per heavy atom. The van der Waals surface area contributed by atoms with E-state index in [-0.39, 0.29) is 5.97 Å². The fraction of sp³-hybridized carbons (Fsp3) is 0.500. The third-order valence-corrected chi connectivity index (χ3v) is 4.79. The molecule has 0 aliphatic carbocycles. The van der Waals surface area contributed by atoms with Gasteiger partial charge in [0.2, 0.25) is 0 Å². The van der Waals surface area contributed by atoms with Gasteiger partial charge in [0.05, 0.1) is 29.5 Å². The lowest BCUT2D eigenvalue weighted by molar-refractivity contribution is -0.247. The number of aromatic nitrogens is 1. The molecular formula is C20H24N2O3. The number of H-pyrrole nitrogens is 1. The van der Waals surface area contributed by atoms with Crippen LogP contribution in [-0.4, -0.2) is 17.6 Å². The number of carbonyl (C=O) groups is 1. The Balaban J connectivity index is 2.33. The first kappa shape index (κ1) is 17.5. The summed E-state index contributed by atoms with van der Waals surface area (Å²) in [6.45, 7) is 8.15. The first-order chi connectivity index (χ1) is 11.9. The van der Waals surface area contributed by atoms with Crippen LogP contribution in [0.15, 0.2) is 12.1 Å². The summed E-state index contributed by atoms with van der Waals surface area (Å²) in [6, 6.07) is 6.19. The average molecular weight is 340 g/mol. The van der Waals surface area contributed by atoms with Gasteiger partial charge in [0.25, 0.3) is 5.79 Å². The predicted octanol–water partition coefficient (Wildman–Crippen LogP) is 4.25. The smallest absolute Gasteiger partial charge is 0.305 e. The molecule has 0 spiro atoms. The fourth-order valence-corrected chi connectivity index (χ4v) is 3.82. The molecule has 1 aromatic heterocycles. The molecule has 132 valence electrons. The molecule has 1 unspecified atom stereocenters. The van der Waals surface area contributed by atoms with E-state index in [0.717, 1.165) is 34.1 Å². The monoisotopic (exact) mass is 340 g/mol. The molecule has 2 heterocycles. The third-order valence-electron chi connectivity index (χ3n) is 4.79. The topological polar surface area (TPSA) is 75.1 Å². The van der Waals surface area contributed by atoms with E-state index in [1.807, 2.05) is 19.1 Å². The van der Waals surface area contributed by atoms with Gasteiger partial charge in [-0.2, -0.15) is 5.26 Å². The Morgan fingerprint density at radius 1 is 1.48 bits per heavy atom. The number of aromatic amines is 1. The molecule has 2 aromatic rings. The van der Waals surface area contributed by atoms with Crippen LogP contribution in [0.5, 0.6) is 0 Å². The first-order valence-electron chi connectivity index (χ1n) is 8.85. The number of benzene rings is 1. The van der Waals surface area contributed by atoms with E-state index in [1.54, 1.807) is 0 Å². The first-order valence-corrected chi connectivity index (χ1v) is 8.85. The van der Waals surface area contributed by atoms with Gasteiger partial charge in [-0.25, -0.2) is 0 Å². The summed E-state index contributed by atoms with van der Waals surface area (Å²) in [7, 11) is 0. The highest BCUT2D eigenvalue weighted by molar-refractivity contribution is 5.93. The molecule has 0 amide bonds. The van der Waals surface area contributed by atoms with Crippen molar-refractivity contribution in [3.05, 3.63) is 34.5 Å². The van der Waals surface area contributed by atoms with Gasteiger partial charge in [0.15, 0.2) is 0 Å². The van der Waals surface area contributed by atoms with E-state index in [9.17, 15) is 10.1 Å². The third kappa shape index (κ3) is 2.81. The lowest BCUT2D eigenvalue weighted by Crippen LogP contribution is -2.39. The molecule has 0 radical (unpaired) electrons. The van der Waals surface area contributed by atoms with Gasteiger partial charge >= 0.3 is 5.97 Å². The average Bonchev–Trinajstić information content (AvgIpc) is 2.95. The van der Waals surface area contributed by atoms with Crippen LogP contribution in [0.2, 0.25) is 0 Å². The van der Waals surface area contributed by atoms with Gasteiger partial charge in [0, 0.05) is 18.7 Å². The number of nitrogens with one attached hydrogen (secondary N) is 1. The summed E-state index contributed by atoms with van der Waals surface area (Å²) in [4.78, 5) is 15.2. The number of nitrogens with zero attached hydrogens (tertiary/aromatic N) is 1. The van der Waals surface area contributed by atoms with Crippen molar-refractivity contribution in [1.82, 2.24) is 4.98 Å². The van der Waals surface area contributed by atoms with E-state index >= 15 is 0 Å². The molecule has 1 N–H and O–H groups in total. The maximum absolute atomic E-state index is 11.7. The van der Waals surface area contributed by atoms with Crippen molar-refractivity contribution >= 4 is 16.9 Å². The van der Waals surface area contributed by atoms with Gasteiger partial charge in [0.1, 0.15) is 0 Å². The molecule has 1 aromatic carbocycles. The molecular weight excluding hydrogens is 316 g/mol. The summed E-state index contributed by atoms with van der Waals surface area (Å²) >= 11 is 0. The predicted molar refractivity (Wildman–Crippen MR) is 95.1 cm³/mol. The molecule has 25 heavy (non-hydrogen) atoms. The fourth-order valence-electron chi connectivity index (χ4n) is 3.82. The van der Waals surface area contributed by atoms with Gasteiger partial charge in [-0.15, -0.1) is 0 Å². The van der Waals surface area contributed by atoms with Crippen molar-refractivity contribution in [3.63, 3.8) is 0 Å². The molecule has 3 rings (SSSR count).